The first-order chi connectivity index (χ1) is 17.3. The first kappa shape index (κ1) is 25.3. The van der Waals surface area contributed by atoms with Crippen molar-refractivity contribution < 1.29 is 10.1 Å². The monoisotopic (exact) mass is 536 g/mol. The van der Waals surface area contributed by atoms with Gasteiger partial charge in [-0.1, -0.05) is 35.3 Å². The van der Waals surface area contributed by atoms with E-state index in [4.69, 9.17) is 23.2 Å². The van der Waals surface area contributed by atoms with Gasteiger partial charge >= 0.3 is 0 Å². The number of nitrogens with zero attached hydrogens (tertiary/aromatic N) is 8. The molecule has 14 nitrogen and oxygen atoms in total. The number of hydrazone groups is 2. The summed E-state index contributed by atoms with van der Waals surface area (Å²) in [4.78, 5) is 34.0. The summed E-state index contributed by atoms with van der Waals surface area (Å²) in [5, 5.41) is 34.4. The molecule has 2 aliphatic rings. The van der Waals surface area contributed by atoms with Gasteiger partial charge in [-0.05, 0) is 36.1 Å². The molecule has 36 heavy (non-hydrogen) atoms. The van der Waals surface area contributed by atoms with E-state index in [1.54, 1.807) is 34.3 Å². The molecule has 190 valence electrons. The Morgan fingerprint density at radius 3 is 1.58 bits per heavy atom. The standard InChI is InChI=1S/C20H22Cl2N10O4/c21-17-3-1-13(9-23-17)7-15-11-25-19(27-31(33)34)29(15)5-6-30-16(12-26-20(30)28-32(35)36)8-14-2-4-18(22)24-10-14/h1-4,9-10,15-16H,5-8,11-12H2,(H,25,27)(H,26,28). The zero-order valence-corrected chi connectivity index (χ0v) is 20.3. The third-order valence-corrected chi connectivity index (χ3v) is 6.32. The van der Waals surface area contributed by atoms with E-state index in [0.717, 1.165) is 11.1 Å². The van der Waals surface area contributed by atoms with Crippen LogP contribution in [0.25, 0.3) is 0 Å². The van der Waals surface area contributed by atoms with Crippen LogP contribution >= 0.6 is 23.2 Å². The van der Waals surface area contributed by atoms with Crippen LogP contribution in [0.5, 0.6) is 0 Å². The van der Waals surface area contributed by atoms with Crippen molar-refractivity contribution in [1.29, 1.82) is 0 Å². The average Bonchev–Trinajstić information content (AvgIpc) is 3.37. The lowest BCUT2D eigenvalue weighted by Crippen LogP contribution is -2.46. The minimum Gasteiger partial charge on any atom is -0.349 e. The Labute approximate surface area is 215 Å². The molecule has 2 N–H and O–H groups in total. The summed E-state index contributed by atoms with van der Waals surface area (Å²) in [5.41, 5.74) is 1.82. The highest BCUT2D eigenvalue weighted by atomic mass is 35.5. The number of nitrogens with one attached hydrogen (secondary N) is 2. The van der Waals surface area contributed by atoms with E-state index in [2.05, 4.69) is 30.8 Å². The van der Waals surface area contributed by atoms with Crippen LogP contribution in [-0.2, 0) is 12.8 Å². The molecule has 0 amide bonds. The van der Waals surface area contributed by atoms with Gasteiger partial charge in [0.05, 0.1) is 12.1 Å². The molecule has 16 heteroatoms. The van der Waals surface area contributed by atoms with E-state index >= 15 is 0 Å². The maximum absolute atomic E-state index is 11.1. The van der Waals surface area contributed by atoms with Crippen molar-refractivity contribution in [3.8, 4) is 0 Å². The molecule has 4 heterocycles. The summed E-state index contributed by atoms with van der Waals surface area (Å²) in [5.74, 6) is 0.260. The summed E-state index contributed by atoms with van der Waals surface area (Å²) >= 11 is 11.8. The average molecular weight is 537 g/mol. The predicted molar refractivity (Wildman–Crippen MR) is 132 cm³/mol. The molecule has 0 spiro atoms. The Morgan fingerprint density at radius 2 is 1.25 bits per heavy atom. The molecule has 0 bridgehead atoms. The molecular formula is C20H22Cl2N10O4. The number of hydrogen-bond donors (Lipinski definition) is 2. The Kier molecular flexibility index (Phi) is 7.95. The van der Waals surface area contributed by atoms with Crippen LogP contribution < -0.4 is 10.6 Å². The Bertz CT molecular complexity index is 1070. The van der Waals surface area contributed by atoms with Crippen molar-refractivity contribution in [2.24, 2.45) is 10.2 Å². The van der Waals surface area contributed by atoms with Gasteiger partial charge in [-0.2, -0.15) is 0 Å². The molecule has 0 aliphatic carbocycles. The van der Waals surface area contributed by atoms with E-state index < -0.39 is 10.1 Å². The van der Waals surface area contributed by atoms with Crippen LogP contribution in [0.1, 0.15) is 11.1 Å². The number of guanidine groups is 2. The van der Waals surface area contributed by atoms with Crippen LogP contribution in [0.15, 0.2) is 46.9 Å². The summed E-state index contributed by atoms with van der Waals surface area (Å²) in [6.07, 6.45) is 4.40. The summed E-state index contributed by atoms with van der Waals surface area (Å²) in [6, 6.07) is 6.75. The van der Waals surface area contributed by atoms with Crippen LogP contribution in [0, 0.1) is 20.2 Å². The largest absolute Gasteiger partial charge is 0.349 e. The molecule has 2 fully saturated rings. The van der Waals surface area contributed by atoms with Gasteiger partial charge in [-0.15, -0.1) is 0 Å². The maximum Gasteiger partial charge on any atom is 0.271 e. The molecule has 2 atom stereocenters. The molecule has 0 radical (unpaired) electrons. The fourth-order valence-corrected chi connectivity index (χ4v) is 4.51. The molecule has 0 aromatic carbocycles. The van der Waals surface area contributed by atoms with Crippen LogP contribution in [-0.4, -0.2) is 80.0 Å². The van der Waals surface area contributed by atoms with Gasteiger partial charge in [0.2, 0.25) is 0 Å². The lowest BCUT2D eigenvalue weighted by Gasteiger charge is -2.29. The molecule has 2 aromatic heterocycles. The zero-order chi connectivity index (χ0) is 25.7. The Morgan fingerprint density at radius 1 is 0.833 bits per heavy atom. The van der Waals surface area contributed by atoms with Gasteiger partial charge in [0.15, 0.2) is 10.1 Å². The van der Waals surface area contributed by atoms with E-state index in [0.29, 0.717) is 49.3 Å². The van der Waals surface area contributed by atoms with Crippen molar-refractivity contribution in [3.05, 3.63) is 78.3 Å². The molecule has 0 saturated carbocycles. The molecule has 2 unspecified atom stereocenters. The molecule has 2 saturated heterocycles. The lowest BCUT2D eigenvalue weighted by molar-refractivity contribution is -0.486. The maximum atomic E-state index is 11.1. The van der Waals surface area contributed by atoms with Crippen molar-refractivity contribution >= 4 is 35.1 Å². The minimum atomic E-state index is -0.755. The second kappa shape index (κ2) is 11.3. The highest BCUT2D eigenvalue weighted by Crippen LogP contribution is 2.18. The fourth-order valence-electron chi connectivity index (χ4n) is 4.28. The number of rotatable bonds is 9. The van der Waals surface area contributed by atoms with Gasteiger partial charge in [-0.3, -0.25) is 0 Å². The minimum absolute atomic E-state index is 0.130. The number of aromatic nitrogens is 2. The predicted octanol–water partition coefficient (Wildman–Crippen LogP) is 1.21. The number of nitro groups is 2. The van der Waals surface area contributed by atoms with E-state index in [1.165, 1.54) is 0 Å². The first-order valence-corrected chi connectivity index (χ1v) is 11.7. The number of hydrogen-bond acceptors (Lipinski definition) is 6. The molecule has 2 aromatic rings. The lowest BCUT2D eigenvalue weighted by atomic mass is 10.1. The van der Waals surface area contributed by atoms with Gasteiger partial charge in [0, 0.05) is 38.6 Å². The summed E-state index contributed by atoms with van der Waals surface area (Å²) in [6.45, 7) is 1.48. The number of halogens is 2. The van der Waals surface area contributed by atoms with Crippen LogP contribution in [0.3, 0.4) is 0 Å². The van der Waals surface area contributed by atoms with E-state index in [9.17, 15) is 20.2 Å². The quantitative estimate of drug-likeness (QED) is 0.270. The van der Waals surface area contributed by atoms with Crippen molar-refractivity contribution in [3.63, 3.8) is 0 Å². The highest BCUT2D eigenvalue weighted by molar-refractivity contribution is 6.29. The summed E-state index contributed by atoms with van der Waals surface area (Å²) in [7, 11) is 0. The SMILES string of the molecule is O=[N+]([O-])N=C1NCC(Cc2ccc(Cl)nc2)N1CCN1C(=N[N+](=O)[O-])NCC1Cc1ccc(Cl)nc1. The van der Waals surface area contributed by atoms with Gasteiger partial charge in [-0.25, -0.2) is 30.2 Å². The van der Waals surface area contributed by atoms with Crippen molar-refractivity contribution in [1.82, 2.24) is 30.4 Å². The molecule has 2 aliphatic heterocycles. The van der Waals surface area contributed by atoms with Crippen LogP contribution in [0.2, 0.25) is 10.3 Å². The third-order valence-electron chi connectivity index (χ3n) is 5.87. The Balaban J connectivity index is 1.52. The van der Waals surface area contributed by atoms with Crippen molar-refractivity contribution in [2.75, 3.05) is 26.2 Å². The highest BCUT2D eigenvalue weighted by Gasteiger charge is 2.35. The Hall–Kier alpha value is -3.78. The molecule has 4 rings (SSSR count). The van der Waals surface area contributed by atoms with E-state index in [1.807, 2.05) is 12.1 Å². The summed E-state index contributed by atoms with van der Waals surface area (Å²) < 4.78 is 0. The van der Waals surface area contributed by atoms with Crippen molar-refractivity contribution in [2.45, 2.75) is 24.9 Å². The zero-order valence-electron chi connectivity index (χ0n) is 18.8. The second-order valence-electron chi connectivity index (χ2n) is 8.17. The second-order valence-corrected chi connectivity index (χ2v) is 8.94. The first-order valence-electron chi connectivity index (χ1n) is 11.0. The topological polar surface area (TPSA) is 167 Å². The fraction of sp³-hybridized carbons (Fsp3) is 0.400. The number of pyridine rings is 2. The van der Waals surface area contributed by atoms with E-state index in [-0.39, 0.29) is 24.0 Å². The normalized spacial score (nSPS) is 21.6. The molecular weight excluding hydrogens is 515 g/mol. The van der Waals surface area contributed by atoms with Gasteiger partial charge in [0.1, 0.15) is 20.5 Å². The van der Waals surface area contributed by atoms with Gasteiger partial charge < -0.3 is 20.4 Å². The third kappa shape index (κ3) is 6.46. The van der Waals surface area contributed by atoms with Gasteiger partial charge in [0.25, 0.3) is 11.9 Å². The van der Waals surface area contributed by atoms with Crippen LogP contribution in [0.4, 0.5) is 0 Å². The smallest absolute Gasteiger partial charge is 0.271 e.